The molecule has 1 N–H and O–H groups in total. The number of hydrogen-bond donors (Lipinski definition) is 1. The van der Waals surface area contributed by atoms with Crippen molar-refractivity contribution in [1.82, 2.24) is 19.6 Å². The fourth-order valence-electron chi connectivity index (χ4n) is 2.46. The molecule has 0 saturated carbocycles. The Morgan fingerprint density at radius 3 is 3.30 bits per heavy atom. The fraction of sp³-hybridized carbons (Fsp3) is 0.231. The molecule has 0 atom stereocenters. The standard InChI is InChI=1S/C13H12N6S/c1-4-10-11(5-1)17-13-14-8-16-19(13)12(10)18-15-7-9-3-2-6-20-9/h2-3,6-8,18H,1,4-5H2/b15-7-. The lowest BCUT2D eigenvalue weighted by Crippen LogP contribution is -2.06. The normalized spacial score (nSPS) is 14.2. The van der Waals surface area contributed by atoms with Gasteiger partial charge in [-0.1, -0.05) is 6.07 Å². The quantitative estimate of drug-likeness (QED) is 0.591. The summed E-state index contributed by atoms with van der Waals surface area (Å²) in [6.07, 6.45) is 6.47. The zero-order valence-electron chi connectivity index (χ0n) is 10.7. The molecule has 7 heteroatoms. The molecule has 0 radical (unpaired) electrons. The molecule has 0 unspecified atom stereocenters. The topological polar surface area (TPSA) is 67.5 Å². The second kappa shape index (κ2) is 4.68. The first-order valence-electron chi connectivity index (χ1n) is 6.46. The maximum Gasteiger partial charge on any atom is 0.254 e. The molecule has 0 bridgehead atoms. The Balaban J connectivity index is 1.73. The highest BCUT2D eigenvalue weighted by molar-refractivity contribution is 7.11. The van der Waals surface area contributed by atoms with E-state index in [0.717, 1.165) is 35.7 Å². The number of fused-ring (bicyclic) bond motifs is 2. The summed E-state index contributed by atoms with van der Waals surface area (Å²) < 4.78 is 1.72. The van der Waals surface area contributed by atoms with Crippen LogP contribution in [0.1, 0.15) is 22.6 Å². The van der Waals surface area contributed by atoms with E-state index in [-0.39, 0.29) is 0 Å². The zero-order chi connectivity index (χ0) is 13.4. The van der Waals surface area contributed by atoms with Gasteiger partial charge in [-0.15, -0.1) is 11.3 Å². The van der Waals surface area contributed by atoms with Gasteiger partial charge in [-0.05, 0) is 30.7 Å². The lowest BCUT2D eigenvalue weighted by atomic mass is 10.2. The number of hydrazone groups is 1. The Kier molecular flexibility index (Phi) is 2.70. The highest BCUT2D eigenvalue weighted by Crippen LogP contribution is 2.27. The van der Waals surface area contributed by atoms with Gasteiger partial charge >= 0.3 is 0 Å². The van der Waals surface area contributed by atoms with Crippen molar-refractivity contribution in [1.29, 1.82) is 0 Å². The molecule has 0 amide bonds. The molecule has 0 fully saturated rings. The van der Waals surface area contributed by atoms with Crippen molar-refractivity contribution in [2.45, 2.75) is 19.3 Å². The molecule has 3 heterocycles. The largest absolute Gasteiger partial charge is 0.261 e. The maximum atomic E-state index is 4.53. The molecule has 6 nitrogen and oxygen atoms in total. The van der Waals surface area contributed by atoms with Gasteiger partial charge in [0.25, 0.3) is 5.78 Å². The Morgan fingerprint density at radius 1 is 1.40 bits per heavy atom. The minimum atomic E-state index is 0.625. The van der Waals surface area contributed by atoms with Crippen LogP contribution in [0.15, 0.2) is 28.9 Å². The molecular weight excluding hydrogens is 272 g/mol. The van der Waals surface area contributed by atoms with Crippen LogP contribution in [0.2, 0.25) is 0 Å². The van der Waals surface area contributed by atoms with E-state index in [2.05, 4.69) is 25.6 Å². The van der Waals surface area contributed by atoms with Gasteiger partial charge in [0.1, 0.15) is 6.33 Å². The summed E-state index contributed by atoms with van der Waals surface area (Å²) in [6.45, 7) is 0. The van der Waals surface area contributed by atoms with E-state index in [0.29, 0.717) is 5.78 Å². The number of nitrogens with zero attached hydrogens (tertiary/aromatic N) is 5. The van der Waals surface area contributed by atoms with Crippen LogP contribution >= 0.6 is 11.3 Å². The first kappa shape index (κ1) is 11.5. The molecular formula is C13H12N6S. The summed E-state index contributed by atoms with van der Waals surface area (Å²) in [5, 5.41) is 10.6. The van der Waals surface area contributed by atoms with Crippen molar-refractivity contribution < 1.29 is 0 Å². The third-order valence-electron chi connectivity index (χ3n) is 3.36. The van der Waals surface area contributed by atoms with E-state index in [4.69, 9.17) is 0 Å². The van der Waals surface area contributed by atoms with E-state index >= 15 is 0 Å². The van der Waals surface area contributed by atoms with Crippen LogP contribution in [-0.4, -0.2) is 25.8 Å². The monoisotopic (exact) mass is 284 g/mol. The number of rotatable bonds is 3. The number of aryl methyl sites for hydroxylation is 1. The van der Waals surface area contributed by atoms with Crippen LogP contribution in [0.4, 0.5) is 5.82 Å². The van der Waals surface area contributed by atoms with Crippen LogP contribution in [-0.2, 0) is 12.8 Å². The van der Waals surface area contributed by atoms with Crippen LogP contribution in [0, 0.1) is 0 Å². The summed E-state index contributed by atoms with van der Waals surface area (Å²) >= 11 is 1.65. The van der Waals surface area contributed by atoms with Crippen molar-refractivity contribution in [2.24, 2.45) is 5.10 Å². The molecule has 100 valence electrons. The van der Waals surface area contributed by atoms with Crippen molar-refractivity contribution >= 4 is 29.1 Å². The Bertz CT molecular complexity index is 774. The van der Waals surface area contributed by atoms with Crippen molar-refractivity contribution in [3.05, 3.63) is 40.0 Å². The Morgan fingerprint density at radius 2 is 2.40 bits per heavy atom. The summed E-state index contributed by atoms with van der Waals surface area (Å²) in [5.41, 5.74) is 5.42. The predicted octanol–water partition coefficient (Wildman–Crippen LogP) is 2.12. The highest BCUT2D eigenvalue weighted by atomic mass is 32.1. The van der Waals surface area contributed by atoms with E-state index < -0.39 is 0 Å². The molecule has 4 rings (SSSR count). The smallest absolute Gasteiger partial charge is 0.254 e. The van der Waals surface area contributed by atoms with Crippen LogP contribution < -0.4 is 5.43 Å². The molecule has 3 aromatic rings. The summed E-state index contributed by atoms with van der Waals surface area (Å²) in [4.78, 5) is 9.81. The lowest BCUT2D eigenvalue weighted by Gasteiger charge is -2.08. The second-order valence-corrected chi connectivity index (χ2v) is 5.58. The van der Waals surface area contributed by atoms with Gasteiger partial charge in [0.05, 0.1) is 11.9 Å². The average molecular weight is 284 g/mol. The van der Waals surface area contributed by atoms with Gasteiger partial charge in [0, 0.05) is 10.4 Å². The van der Waals surface area contributed by atoms with Crippen molar-refractivity contribution in [2.75, 3.05) is 5.43 Å². The number of thiophene rings is 1. The van der Waals surface area contributed by atoms with E-state index in [1.54, 1.807) is 15.9 Å². The SMILES string of the molecule is C(=N/Nc1c2c(nc3ncnn13)CCC2)/c1cccs1. The van der Waals surface area contributed by atoms with Gasteiger partial charge < -0.3 is 0 Å². The van der Waals surface area contributed by atoms with Crippen molar-refractivity contribution in [3.8, 4) is 0 Å². The maximum absolute atomic E-state index is 4.53. The molecule has 3 aromatic heterocycles. The van der Waals surface area contributed by atoms with Gasteiger partial charge in [-0.25, -0.2) is 4.98 Å². The molecule has 0 aromatic carbocycles. The third-order valence-corrected chi connectivity index (χ3v) is 4.16. The van der Waals surface area contributed by atoms with E-state index in [1.165, 1.54) is 11.9 Å². The highest BCUT2D eigenvalue weighted by Gasteiger charge is 2.20. The third kappa shape index (κ3) is 1.87. The van der Waals surface area contributed by atoms with Crippen LogP contribution in [0.5, 0.6) is 0 Å². The number of anilines is 1. The van der Waals surface area contributed by atoms with Crippen molar-refractivity contribution in [3.63, 3.8) is 0 Å². The molecule has 0 aliphatic heterocycles. The molecule has 0 saturated heterocycles. The van der Waals surface area contributed by atoms with E-state index in [9.17, 15) is 0 Å². The number of hydrogen-bond acceptors (Lipinski definition) is 6. The van der Waals surface area contributed by atoms with Gasteiger partial charge in [0.15, 0.2) is 5.82 Å². The first-order chi connectivity index (χ1) is 9.92. The second-order valence-electron chi connectivity index (χ2n) is 4.60. The summed E-state index contributed by atoms with van der Waals surface area (Å²) in [5.74, 6) is 1.51. The summed E-state index contributed by atoms with van der Waals surface area (Å²) in [6, 6.07) is 4.03. The fourth-order valence-corrected chi connectivity index (χ4v) is 3.05. The average Bonchev–Trinajstić information content (AvgIpc) is 3.18. The van der Waals surface area contributed by atoms with Crippen LogP contribution in [0.3, 0.4) is 0 Å². The molecule has 1 aliphatic rings. The zero-order valence-corrected chi connectivity index (χ0v) is 11.5. The predicted molar refractivity (Wildman–Crippen MR) is 78.3 cm³/mol. The molecule has 20 heavy (non-hydrogen) atoms. The number of aromatic nitrogens is 4. The minimum Gasteiger partial charge on any atom is -0.261 e. The Hall–Kier alpha value is -2.28. The first-order valence-corrected chi connectivity index (χ1v) is 7.34. The Labute approximate surface area is 119 Å². The molecule has 1 aliphatic carbocycles. The van der Waals surface area contributed by atoms with Gasteiger partial charge in [-0.2, -0.15) is 19.7 Å². The minimum absolute atomic E-state index is 0.625. The van der Waals surface area contributed by atoms with E-state index in [1.807, 2.05) is 23.7 Å². The number of nitrogens with one attached hydrogen (secondary N) is 1. The van der Waals surface area contributed by atoms with Gasteiger partial charge in [-0.3, -0.25) is 5.43 Å². The summed E-state index contributed by atoms with van der Waals surface area (Å²) in [7, 11) is 0. The van der Waals surface area contributed by atoms with Crippen LogP contribution in [0.25, 0.3) is 5.78 Å². The van der Waals surface area contributed by atoms with Gasteiger partial charge in [0.2, 0.25) is 0 Å². The lowest BCUT2D eigenvalue weighted by molar-refractivity contribution is 0.900. The molecule has 0 spiro atoms.